The maximum Gasteiger partial charge on any atom is 0.242 e. The highest BCUT2D eigenvalue weighted by atomic mass is 35.5. The van der Waals surface area contributed by atoms with E-state index >= 15 is 0 Å². The lowest BCUT2D eigenvalue weighted by atomic mass is 10.2. The van der Waals surface area contributed by atoms with Crippen molar-refractivity contribution in [3.63, 3.8) is 0 Å². The van der Waals surface area contributed by atoms with Crippen LogP contribution in [0, 0.1) is 0 Å². The first kappa shape index (κ1) is 19.4. The van der Waals surface area contributed by atoms with Gasteiger partial charge in [-0.15, -0.1) is 12.4 Å². The van der Waals surface area contributed by atoms with Crippen LogP contribution in [0.4, 0.5) is 0 Å². The average molecular weight is 314 g/mol. The first-order valence-corrected chi connectivity index (χ1v) is 6.87. The quantitative estimate of drug-likeness (QED) is 0.797. The molecule has 0 aliphatic carbocycles. The molecular weight excluding hydrogens is 290 g/mol. The molecule has 2 amide bonds. The largest absolute Gasteiger partial charge is 0.347 e. The van der Waals surface area contributed by atoms with E-state index < -0.39 is 0 Å². The van der Waals surface area contributed by atoms with Crippen LogP contribution in [0.25, 0.3) is 0 Å². The van der Waals surface area contributed by atoms with Crippen molar-refractivity contribution in [1.82, 2.24) is 10.2 Å². The fraction of sp³-hybridized carbons (Fsp3) is 0.467. The third-order valence-electron chi connectivity index (χ3n) is 2.89. The number of hydrogen-bond acceptors (Lipinski definition) is 3. The van der Waals surface area contributed by atoms with Crippen molar-refractivity contribution in [3.05, 3.63) is 35.9 Å². The van der Waals surface area contributed by atoms with Crippen molar-refractivity contribution in [2.24, 2.45) is 5.73 Å². The molecule has 0 heterocycles. The molecule has 118 valence electrons. The lowest BCUT2D eigenvalue weighted by Crippen LogP contribution is -2.40. The first-order chi connectivity index (χ1) is 9.52. The van der Waals surface area contributed by atoms with E-state index in [1.54, 1.807) is 11.8 Å². The molecule has 0 aliphatic rings. The van der Waals surface area contributed by atoms with Gasteiger partial charge in [-0.1, -0.05) is 30.3 Å². The highest BCUT2D eigenvalue weighted by Gasteiger charge is 2.13. The highest BCUT2D eigenvalue weighted by Crippen LogP contribution is 2.04. The molecule has 6 heteroatoms. The summed E-state index contributed by atoms with van der Waals surface area (Å²) in [7, 11) is 0. The summed E-state index contributed by atoms with van der Waals surface area (Å²) in [5, 5.41) is 2.60. The van der Waals surface area contributed by atoms with E-state index in [9.17, 15) is 9.59 Å². The smallest absolute Gasteiger partial charge is 0.242 e. The van der Waals surface area contributed by atoms with Gasteiger partial charge in [0.05, 0.1) is 6.54 Å². The van der Waals surface area contributed by atoms with E-state index in [1.807, 2.05) is 37.3 Å². The fourth-order valence-electron chi connectivity index (χ4n) is 1.83. The van der Waals surface area contributed by atoms with Gasteiger partial charge in [-0.05, 0) is 19.4 Å². The number of carbonyl (C=O) groups excluding carboxylic acids is 2. The Hall–Kier alpha value is -1.59. The summed E-state index contributed by atoms with van der Waals surface area (Å²) < 4.78 is 0. The average Bonchev–Trinajstić information content (AvgIpc) is 2.42. The van der Waals surface area contributed by atoms with Crippen LogP contribution in [0.1, 0.15) is 25.8 Å². The van der Waals surface area contributed by atoms with Crippen LogP contribution in [-0.4, -0.2) is 35.8 Å². The van der Waals surface area contributed by atoms with Crippen molar-refractivity contribution >= 4 is 24.2 Å². The number of halogens is 1. The monoisotopic (exact) mass is 313 g/mol. The van der Waals surface area contributed by atoms with Crippen LogP contribution in [0.3, 0.4) is 0 Å². The predicted molar refractivity (Wildman–Crippen MR) is 86.1 cm³/mol. The summed E-state index contributed by atoms with van der Waals surface area (Å²) >= 11 is 0. The van der Waals surface area contributed by atoms with Crippen LogP contribution >= 0.6 is 12.4 Å². The van der Waals surface area contributed by atoms with Crippen molar-refractivity contribution < 1.29 is 9.59 Å². The summed E-state index contributed by atoms with van der Waals surface area (Å²) in [4.78, 5) is 25.2. The number of nitrogens with zero attached hydrogens (tertiary/aromatic N) is 1. The minimum Gasteiger partial charge on any atom is -0.347 e. The molecule has 1 unspecified atom stereocenters. The molecule has 21 heavy (non-hydrogen) atoms. The van der Waals surface area contributed by atoms with E-state index in [0.717, 1.165) is 5.56 Å². The molecule has 3 N–H and O–H groups in total. The summed E-state index contributed by atoms with van der Waals surface area (Å²) in [6, 6.07) is 9.58. The van der Waals surface area contributed by atoms with Gasteiger partial charge in [0.25, 0.3) is 0 Å². The zero-order valence-corrected chi connectivity index (χ0v) is 13.4. The molecule has 1 atom stereocenters. The predicted octanol–water partition coefficient (Wildman–Crippen LogP) is 1.31. The summed E-state index contributed by atoms with van der Waals surface area (Å²) in [5.41, 5.74) is 6.61. The number of carbonyl (C=O) groups is 2. The van der Waals surface area contributed by atoms with Crippen molar-refractivity contribution in [1.29, 1.82) is 0 Å². The Balaban J connectivity index is 0.00000400. The topological polar surface area (TPSA) is 75.4 Å². The summed E-state index contributed by atoms with van der Waals surface area (Å²) in [6.45, 7) is 4.86. The molecule has 0 saturated carbocycles. The molecule has 0 aliphatic heterocycles. The van der Waals surface area contributed by atoms with Crippen molar-refractivity contribution in [2.75, 3.05) is 13.1 Å². The van der Waals surface area contributed by atoms with Gasteiger partial charge in [-0.3, -0.25) is 9.59 Å². The number of nitrogens with two attached hydrogens (primary N) is 1. The molecule has 0 spiro atoms. The second-order valence-corrected chi connectivity index (χ2v) is 4.85. The molecule has 0 bridgehead atoms. The van der Waals surface area contributed by atoms with E-state index in [1.165, 1.54) is 0 Å². The molecule has 5 nitrogen and oxygen atoms in total. The highest BCUT2D eigenvalue weighted by molar-refractivity contribution is 5.85. The van der Waals surface area contributed by atoms with Crippen molar-refractivity contribution in [2.45, 2.75) is 32.9 Å². The SMILES string of the molecule is CCN(Cc1ccccc1)C(=O)CNC(=O)CC(C)N.Cl. The minimum absolute atomic E-state index is 0. The third-order valence-corrected chi connectivity index (χ3v) is 2.89. The van der Waals surface area contributed by atoms with E-state index in [-0.39, 0.29) is 43.2 Å². The van der Waals surface area contributed by atoms with E-state index in [0.29, 0.717) is 13.1 Å². The Kier molecular flexibility index (Phi) is 9.41. The Labute approximate surface area is 132 Å². The molecular formula is C15H24ClN3O2. The zero-order chi connectivity index (χ0) is 15.0. The molecule has 1 rings (SSSR count). The Bertz CT molecular complexity index is 438. The third kappa shape index (κ3) is 7.68. The molecule has 0 fully saturated rings. The maximum absolute atomic E-state index is 12.0. The number of likely N-dealkylation sites (N-methyl/N-ethyl adjacent to an activating group) is 1. The fourth-order valence-corrected chi connectivity index (χ4v) is 1.83. The molecule has 1 aromatic carbocycles. The first-order valence-electron chi connectivity index (χ1n) is 6.87. The van der Waals surface area contributed by atoms with Crippen LogP contribution in [0.2, 0.25) is 0 Å². The van der Waals surface area contributed by atoms with E-state index in [4.69, 9.17) is 5.73 Å². The number of nitrogens with one attached hydrogen (secondary N) is 1. The van der Waals surface area contributed by atoms with Gasteiger partial charge in [0.15, 0.2) is 0 Å². The van der Waals surface area contributed by atoms with Gasteiger partial charge in [0.1, 0.15) is 0 Å². The minimum atomic E-state index is -0.198. The van der Waals surface area contributed by atoms with Gasteiger partial charge in [0.2, 0.25) is 11.8 Å². The summed E-state index contributed by atoms with van der Waals surface area (Å²) in [5.74, 6) is -0.279. The van der Waals surface area contributed by atoms with Crippen LogP contribution in [0.5, 0.6) is 0 Å². The Morgan fingerprint density at radius 1 is 1.29 bits per heavy atom. The molecule has 1 aromatic rings. The van der Waals surface area contributed by atoms with Crippen LogP contribution < -0.4 is 11.1 Å². The second kappa shape index (κ2) is 10.2. The number of benzene rings is 1. The second-order valence-electron chi connectivity index (χ2n) is 4.85. The normalized spacial score (nSPS) is 11.2. The summed E-state index contributed by atoms with van der Waals surface area (Å²) in [6.07, 6.45) is 0.234. The van der Waals surface area contributed by atoms with Gasteiger partial charge in [-0.25, -0.2) is 0 Å². The lowest BCUT2D eigenvalue weighted by Gasteiger charge is -2.21. The zero-order valence-electron chi connectivity index (χ0n) is 12.5. The molecule has 0 aromatic heterocycles. The van der Waals surface area contributed by atoms with Crippen molar-refractivity contribution in [3.8, 4) is 0 Å². The van der Waals surface area contributed by atoms with Crippen LogP contribution in [-0.2, 0) is 16.1 Å². The Morgan fingerprint density at radius 2 is 1.90 bits per heavy atom. The Morgan fingerprint density at radius 3 is 2.43 bits per heavy atom. The van der Waals surface area contributed by atoms with Gasteiger partial charge >= 0.3 is 0 Å². The number of hydrogen-bond donors (Lipinski definition) is 2. The number of rotatable bonds is 7. The molecule has 0 saturated heterocycles. The van der Waals surface area contributed by atoms with Crippen LogP contribution in [0.15, 0.2) is 30.3 Å². The number of amides is 2. The van der Waals surface area contributed by atoms with Gasteiger partial charge < -0.3 is 16.0 Å². The molecule has 0 radical (unpaired) electrons. The lowest BCUT2D eigenvalue weighted by molar-refractivity contribution is -0.133. The standard InChI is InChI=1S/C15H23N3O2.ClH/c1-3-18(11-13-7-5-4-6-8-13)15(20)10-17-14(19)9-12(2)16;/h4-8,12H,3,9-11,16H2,1-2H3,(H,17,19);1H. The maximum atomic E-state index is 12.0. The van der Waals surface area contributed by atoms with E-state index in [2.05, 4.69) is 5.32 Å². The van der Waals surface area contributed by atoms with Gasteiger partial charge in [0, 0.05) is 25.6 Å². The van der Waals surface area contributed by atoms with Gasteiger partial charge in [-0.2, -0.15) is 0 Å².